The summed E-state index contributed by atoms with van der Waals surface area (Å²) < 4.78 is 18.6. The van der Waals surface area contributed by atoms with E-state index in [1.54, 1.807) is 7.85 Å². The highest BCUT2D eigenvalue weighted by molar-refractivity contribution is 6.12. The van der Waals surface area contributed by atoms with E-state index >= 15 is 0 Å². The molecule has 12 heavy (non-hydrogen) atoms. The van der Waals surface area contributed by atoms with Crippen molar-refractivity contribution < 1.29 is 19.3 Å². The number of rotatable bonds is 1. The molecule has 1 fully saturated rings. The topological polar surface area (TPSA) is 49.7 Å². The number of halogens is 1. The van der Waals surface area contributed by atoms with Crippen molar-refractivity contribution in [2.45, 2.75) is 43.8 Å². The molecule has 0 aromatic carbocycles. The number of aliphatic hydroxyl groups is 2. The summed E-state index contributed by atoms with van der Waals surface area (Å²) in [4.78, 5) is 0. The first-order chi connectivity index (χ1) is 5.37. The molecule has 5 atom stereocenters. The van der Waals surface area contributed by atoms with Gasteiger partial charge in [-0.3, -0.25) is 0 Å². The van der Waals surface area contributed by atoms with Crippen molar-refractivity contribution in [3.05, 3.63) is 0 Å². The molecule has 1 heterocycles. The Hall–Kier alpha value is -0.125. The van der Waals surface area contributed by atoms with Crippen LogP contribution in [0.4, 0.5) is 4.39 Å². The zero-order valence-electron chi connectivity index (χ0n) is 7.49. The summed E-state index contributed by atoms with van der Waals surface area (Å²) in [5.74, 6) is 0. The van der Waals surface area contributed by atoms with Gasteiger partial charge in [0.25, 0.3) is 0 Å². The van der Waals surface area contributed by atoms with E-state index in [0.29, 0.717) is 0 Å². The van der Waals surface area contributed by atoms with Gasteiger partial charge in [0, 0.05) is 0 Å². The summed E-state index contributed by atoms with van der Waals surface area (Å²) in [5, 5.41) is 18.5. The predicted octanol–water partition coefficient (Wildman–Crippen LogP) is -1.19. The first kappa shape index (κ1) is 9.96. The average Bonchev–Trinajstić information content (AvgIpc) is 2.13. The van der Waals surface area contributed by atoms with Gasteiger partial charge in [0.15, 0.2) is 5.67 Å². The Morgan fingerprint density at radius 2 is 2.17 bits per heavy atom. The maximum Gasteiger partial charge on any atom is 0.154 e. The van der Waals surface area contributed by atoms with Crippen LogP contribution in [0.3, 0.4) is 0 Å². The third-order valence-electron chi connectivity index (χ3n) is 2.52. The van der Waals surface area contributed by atoms with Crippen LogP contribution >= 0.6 is 0 Å². The largest absolute Gasteiger partial charge is 0.391 e. The molecule has 70 valence electrons. The van der Waals surface area contributed by atoms with E-state index in [9.17, 15) is 9.50 Å². The molecule has 0 saturated carbocycles. The highest BCUT2D eigenvalue weighted by Gasteiger charge is 2.52. The maximum absolute atomic E-state index is 13.5. The van der Waals surface area contributed by atoms with Gasteiger partial charge in [-0.1, -0.05) is 0 Å². The smallest absolute Gasteiger partial charge is 0.154 e. The Morgan fingerprint density at radius 3 is 2.33 bits per heavy atom. The lowest BCUT2D eigenvalue weighted by Crippen LogP contribution is -2.43. The number of ether oxygens (including phenoxy) is 1. The van der Waals surface area contributed by atoms with Crippen LogP contribution in [0.25, 0.3) is 0 Å². The summed E-state index contributed by atoms with van der Waals surface area (Å²) >= 11 is 0. The molecule has 0 spiro atoms. The Labute approximate surface area is 71.9 Å². The van der Waals surface area contributed by atoms with Gasteiger partial charge in [-0.15, -0.1) is 0 Å². The minimum atomic E-state index is -1.76. The van der Waals surface area contributed by atoms with Crippen LogP contribution in [-0.2, 0) is 4.74 Å². The molecular formula is C7H14BFO3. The summed E-state index contributed by atoms with van der Waals surface area (Å²) in [6, 6.07) is -0.674. The zero-order valence-corrected chi connectivity index (χ0v) is 7.49. The normalized spacial score (nSPS) is 50.9. The second kappa shape index (κ2) is 2.98. The van der Waals surface area contributed by atoms with E-state index in [0.717, 1.165) is 0 Å². The number of hydrogen-bond donors (Lipinski definition) is 2. The van der Waals surface area contributed by atoms with Crippen LogP contribution in [-0.4, -0.2) is 48.0 Å². The van der Waals surface area contributed by atoms with Gasteiger partial charge in [-0.25, -0.2) is 4.39 Å². The van der Waals surface area contributed by atoms with Crippen LogP contribution in [0.15, 0.2) is 0 Å². The standard InChI is InChI=1S/C7H14BFO3/c1-3(10)4-5(11)7(2,9)6(8)12-4/h3-6,10-11H,8H2,1-2H3/t3?,4-,5-,6-,7-/m1/s1. The molecule has 0 radical (unpaired) electrons. The minimum Gasteiger partial charge on any atom is -0.391 e. The van der Waals surface area contributed by atoms with Crippen LogP contribution in [0.1, 0.15) is 13.8 Å². The molecule has 5 heteroatoms. The van der Waals surface area contributed by atoms with Crippen molar-refractivity contribution in [2.75, 3.05) is 0 Å². The third kappa shape index (κ3) is 1.36. The molecular weight excluding hydrogens is 162 g/mol. The van der Waals surface area contributed by atoms with E-state index in [1.807, 2.05) is 0 Å². The minimum absolute atomic E-state index is 0.674. The van der Waals surface area contributed by atoms with E-state index in [4.69, 9.17) is 9.84 Å². The van der Waals surface area contributed by atoms with E-state index in [2.05, 4.69) is 0 Å². The van der Waals surface area contributed by atoms with Crippen molar-refractivity contribution in [3.8, 4) is 0 Å². The van der Waals surface area contributed by atoms with Gasteiger partial charge in [0.1, 0.15) is 20.1 Å². The molecule has 0 bridgehead atoms. The Balaban J connectivity index is 2.76. The summed E-state index contributed by atoms with van der Waals surface area (Å²) in [5.41, 5.74) is -1.76. The molecule has 2 N–H and O–H groups in total. The summed E-state index contributed by atoms with van der Waals surface area (Å²) in [6.45, 7) is 2.76. The van der Waals surface area contributed by atoms with Crippen molar-refractivity contribution >= 4 is 7.85 Å². The lowest BCUT2D eigenvalue weighted by molar-refractivity contribution is -0.0481. The first-order valence-electron chi connectivity index (χ1n) is 4.08. The van der Waals surface area contributed by atoms with Crippen molar-refractivity contribution in [3.63, 3.8) is 0 Å². The highest BCUT2D eigenvalue weighted by Crippen LogP contribution is 2.33. The Bertz CT molecular complexity index is 174. The highest BCUT2D eigenvalue weighted by atomic mass is 19.1. The van der Waals surface area contributed by atoms with Crippen LogP contribution < -0.4 is 0 Å². The Kier molecular flexibility index (Phi) is 2.47. The van der Waals surface area contributed by atoms with Crippen molar-refractivity contribution in [1.29, 1.82) is 0 Å². The number of hydrogen-bond acceptors (Lipinski definition) is 3. The number of aliphatic hydroxyl groups excluding tert-OH is 2. The van der Waals surface area contributed by atoms with Crippen LogP contribution in [0, 0.1) is 0 Å². The van der Waals surface area contributed by atoms with Gasteiger partial charge in [0.2, 0.25) is 0 Å². The molecule has 0 aliphatic carbocycles. The Morgan fingerprint density at radius 1 is 1.67 bits per heavy atom. The lowest BCUT2D eigenvalue weighted by Gasteiger charge is -2.22. The van der Waals surface area contributed by atoms with E-state index in [-0.39, 0.29) is 0 Å². The number of alkyl halides is 1. The molecule has 1 unspecified atom stereocenters. The fourth-order valence-electron chi connectivity index (χ4n) is 1.38. The SMILES string of the molecule is B[C@@H]1O[C@H](C(C)O)[C@@H](O)[C@@]1(C)F. The maximum atomic E-state index is 13.5. The van der Waals surface area contributed by atoms with Crippen molar-refractivity contribution in [2.24, 2.45) is 0 Å². The summed E-state index contributed by atoms with van der Waals surface area (Å²) in [7, 11) is 1.55. The zero-order chi connectivity index (χ0) is 9.52. The van der Waals surface area contributed by atoms with Crippen LogP contribution in [0.2, 0.25) is 0 Å². The molecule has 3 nitrogen and oxygen atoms in total. The molecule has 0 amide bonds. The molecule has 1 aliphatic heterocycles. The molecule has 0 aromatic rings. The molecule has 1 saturated heterocycles. The van der Waals surface area contributed by atoms with Gasteiger partial charge in [-0.2, -0.15) is 0 Å². The van der Waals surface area contributed by atoms with E-state index in [1.165, 1.54) is 13.8 Å². The lowest BCUT2D eigenvalue weighted by atomic mass is 9.83. The van der Waals surface area contributed by atoms with Gasteiger partial charge >= 0.3 is 0 Å². The third-order valence-corrected chi connectivity index (χ3v) is 2.52. The molecule has 1 aliphatic rings. The predicted molar refractivity (Wildman–Crippen MR) is 44.4 cm³/mol. The van der Waals surface area contributed by atoms with Crippen molar-refractivity contribution in [1.82, 2.24) is 0 Å². The monoisotopic (exact) mass is 176 g/mol. The first-order valence-corrected chi connectivity index (χ1v) is 4.08. The fourth-order valence-corrected chi connectivity index (χ4v) is 1.38. The van der Waals surface area contributed by atoms with Gasteiger partial charge < -0.3 is 14.9 Å². The van der Waals surface area contributed by atoms with Gasteiger partial charge in [-0.05, 0) is 13.8 Å². The van der Waals surface area contributed by atoms with E-state index < -0.39 is 30.0 Å². The average molecular weight is 176 g/mol. The van der Waals surface area contributed by atoms with Crippen LogP contribution in [0.5, 0.6) is 0 Å². The second-order valence-electron chi connectivity index (χ2n) is 3.58. The summed E-state index contributed by atoms with van der Waals surface area (Å²) in [6.07, 6.45) is -2.90. The molecule has 1 rings (SSSR count). The fraction of sp³-hybridized carbons (Fsp3) is 1.00. The molecule has 0 aromatic heterocycles. The second-order valence-corrected chi connectivity index (χ2v) is 3.58. The quantitative estimate of drug-likeness (QED) is 0.494. The van der Waals surface area contributed by atoms with Gasteiger partial charge in [0.05, 0.1) is 12.1 Å².